The molecule has 1 aliphatic rings. The molecule has 1 aromatic carbocycles. The van der Waals surface area contributed by atoms with Crippen molar-refractivity contribution in [2.45, 2.75) is 19.1 Å². The molecule has 0 bridgehead atoms. The Morgan fingerprint density at radius 1 is 1.60 bits per heavy atom. The van der Waals surface area contributed by atoms with E-state index in [0.29, 0.717) is 17.4 Å². The maximum Gasteiger partial charge on any atom is 0.276 e. The fraction of sp³-hybridized carbons (Fsp3) is 0.300. The molecule has 5 heteroatoms. The van der Waals surface area contributed by atoms with Crippen LogP contribution in [0.5, 0.6) is 0 Å². The highest BCUT2D eigenvalue weighted by Crippen LogP contribution is 2.40. The largest absolute Gasteiger partial charge is 0.358 e. The molecule has 78 valence electrons. The number of carbonyl (C=O) groups is 1. The summed E-state index contributed by atoms with van der Waals surface area (Å²) in [6, 6.07) is 4.71. The summed E-state index contributed by atoms with van der Waals surface area (Å²) in [5.41, 5.74) is -0.151. The Hall–Kier alpha value is -1.75. The summed E-state index contributed by atoms with van der Waals surface area (Å²) in [5, 5.41) is 10.8. The second-order valence-electron chi connectivity index (χ2n) is 3.58. The first kappa shape index (κ1) is 9.79. The number of hydrogen-bond donors (Lipinski definition) is 0. The average Bonchev–Trinajstić information content (AvgIpc) is 2.57. The monoisotopic (exact) mass is 207 g/mol. The molecule has 1 atom stereocenters. The van der Waals surface area contributed by atoms with Crippen molar-refractivity contribution in [3.05, 3.63) is 39.4 Å². The van der Waals surface area contributed by atoms with E-state index in [4.69, 9.17) is 4.74 Å². The Balaban J connectivity index is 2.68. The van der Waals surface area contributed by atoms with E-state index in [1.54, 1.807) is 19.1 Å². The summed E-state index contributed by atoms with van der Waals surface area (Å²) < 4.78 is 5.28. The molecule has 15 heavy (non-hydrogen) atoms. The number of rotatable bonds is 2. The van der Waals surface area contributed by atoms with E-state index in [-0.39, 0.29) is 12.3 Å². The molecule has 2 rings (SSSR count). The Morgan fingerprint density at radius 3 is 2.93 bits per heavy atom. The number of nitrogens with zero attached hydrogens (tertiary/aromatic N) is 1. The molecule has 0 aliphatic carbocycles. The maximum atomic E-state index is 10.9. The van der Waals surface area contributed by atoms with Crippen LogP contribution in [0.3, 0.4) is 0 Å². The maximum absolute atomic E-state index is 10.9. The van der Waals surface area contributed by atoms with Crippen molar-refractivity contribution in [1.29, 1.82) is 0 Å². The fourth-order valence-corrected chi connectivity index (χ4v) is 1.82. The summed E-state index contributed by atoms with van der Waals surface area (Å²) in [6.45, 7) is 1.78. The zero-order chi connectivity index (χ0) is 11.1. The topological polar surface area (TPSA) is 69.4 Å². The molecule has 1 unspecified atom stereocenters. The molecule has 0 amide bonds. The third-order valence-corrected chi connectivity index (χ3v) is 2.57. The van der Waals surface area contributed by atoms with Crippen LogP contribution in [-0.2, 0) is 21.7 Å². The van der Waals surface area contributed by atoms with Crippen LogP contribution < -0.4 is 0 Å². The first-order valence-corrected chi connectivity index (χ1v) is 4.45. The van der Waals surface area contributed by atoms with Crippen LogP contribution in [-0.4, -0.2) is 11.2 Å². The third kappa shape index (κ3) is 1.32. The molecule has 0 saturated carbocycles. The molecule has 0 N–H and O–H groups in total. The molecule has 1 aliphatic heterocycles. The molecule has 0 spiro atoms. The van der Waals surface area contributed by atoms with Gasteiger partial charge in [-0.2, -0.15) is 0 Å². The molecule has 0 saturated heterocycles. The van der Waals surface area contributed by atoms with Crippen molar-refractivity contribution in [2.75, 3.05) is 0 Å². The van der Waals surface area contributed by atoms with Gasteiger partial charge in [0.2, 0.25) is 0 Å². The predicted molar refractivity (Wildman–Crippen MR) is 51.3 cm³/mol. The van der Waals surface area contributed by atoms with E-state index in [2.05, 4.69) is 0 Å². The van der Waals surface area contributed by atoms with Crippen molar-refractivity contribution in [2.24, 2.45) is 0 Å². The van der Waals surface area contributed by atoms with E-state index < -0.39 is 10.5 Å². The molecule has 0 radical (unpaired) electrons. The molecular weight excluding hydrogens is 198 g/mol. The van der Waals surface area contributed by atoms with Gasteiger partial charge < -0.3 is 4.74 Å². The molecule has 0 fully saturated rings. The third-order valence-electron chi connectivity index (χ3n) is 2.57. The fourth-order valence-electron chi connectivity index (χ4n) is 1.82. The standard InChI is InChI=1S/C10H9NO4/c1-10(6-12)9-7(5-15-10)3-2-4-8(9)11(13)14/h2-4,6H,5H2,1H3. The summed E-state index contributed by atoms with van der Waals surface area (Å²) >= 11 is 0. The van der Waals surface area contributed by atoms with Crippen molar-refractivity contribution in [1.82, 2.24) is 0 Å². The lowest BCUT2D eigenvalue weighted by Gasteiger charge is -2.15. The SMILES string of the molecule is CC1(C=O)OCc2cccc([N+](=O)[O-])c21. The van der Waals surface area contributed by atoms with E-state index in [9.17, 15) is 14.9 Å². The van der Waals surface area contributed by atoms with Gasteiger partial charge in [0.1, 0.15) is 0 Å². The minimum Gasteiger partial charge on any atom is -0.358 e. The number of hydrogen-bond acceptors (Lipinski definition) is 4. The van der Waals surface area contributed by atoms with Crippen molar-refractivity contribution >= 4 is 12.0 Å². The van der Waals surface area contributed by atoms with Gasteiger partial charge in [-0.25, -0.2) is 0 Å². The van der Waals surface area contributed by atoms with Crippen molar-refractivity contribution < 1.29 is 14.5 Å². The summed E-state index contributed by atoms with van der Waals surface area (Å²) in [6.07, 6.45) is 0.603. The van der Waals surface area contributed by atoms with Crippen LogP contribution >= 0.6 is 0 Å². The first-order chi connectivity index (χ1) is 7.08. The van der Waals surface area contributed by atoms with Gasteiger partial charge in [0.15, 0.2) is 11.9 Å². The Morgan fingerprint density at radius 2 is 2.33 bits per heavy atom. The number of benzene rings is 1. The lowest BCUT2D eigenvalue weighted by Crippen LogP contribution is -2.23. The van der Waals surface area contributed by atoms with Crippen LogP contribution in [0.4, 0.5) is 5.69 Å². The number of ether oxygens (including phenoxy) is 1. The zero-order valence-corrected chi connectivity index (χ0v) is 8.10. The van der Waals surface area contributed by atoms with Crippen LogP contribution in [0.1, 0.15) is 18.1 Å². The summed E-state index contributed by atoms with van der Waals surface area (Å²) in [5.74, 6) is 0. The number of carbonyl (C=O) groups excluding carboxylic acids is 1. The first-order valence-electron chi connectivity index (χ1n) is 4.45. The molecule has 5 nitrogen and oxygen atoms in total. The van der Waals surface area contributed by atoms with E-state index in [1.165, 1.54) is 6.07 Å². The molecule has 1 aromatic rings. The zero-order valence-electron chi connectivity index (χ0n) is 8.10. The van der Waals surface area contributed by atoms with E-state index >= 15 is 0 Å². The van der Waals surface area contributed by atoms with Gasteiger partial charge in [-0.15, -0.1) is 0 Å². The highest BCUT2D eigenvalue weighted by Gasteiger charge is 2.41. The average molecular weight is 207 g/mol. The minimum atomic E-state index is -1.18. The Labute approximate surface area is 85.8 Å². The van der Waals surface area contributed by atoms with Gasteiger partial charge in [-0.3, -0.25) is 14.9 Å². The molecule has 1 heterocycles. The lowest BCUT2D eigenvalue weighted by molar-refractivity contribution is -0.386. The van der Waals surface area contributed by atoms with Gasteiger partial charge in [0, 0.05) is 6.07 Å². The second-order valence-corrected chi connectivity index (χ2v) is 3.58. The lowest BCUT2D eigenvalue weighted by atomic mass is 9.94. The highest BCUT2D eigenvalue weighted by atomic mass is 16.6. The van der Waals surface area contributed by atoms with Crippen molar-refractivity contribution in [3.63, 3.8) is 0 Å². The number of nitro groups is 1. The number of nitro benzene ring substituents is 1. The van der Waals surface area contributed by atoms with Crippen LogP contribution in [0, 0.1) is 10.1 Å². The van der Waals surface area contributed by atoms with Gasteiger partial charge in [0.25, 0.3) is 5.69 Å². The van der Waals surface area contributed by atoms with Gasteiger partial charge in [-0.05, 0) is 12.5 Å². The second kappa shape index (κ2) is 3.13. The number of fused-ring (bicyclic) bond motifs is 1. The Bertz CT molecular complexity index is 443. The highest BCUT2D eigenvalue weighted by molar-refractivity contribution is 5.71. The number of aldehydes is 1. The van der Waals surface area contributed by atoms with Gasteiger partial charge in [-0.1, -0.05) is 12.1 Å². The van der Waals surface area contributed by atoms with Gasteiger partial charge in [0.05, 0.1) is 17.1 Å². The normalized spacial score (nSPS) is 23.5. The van der Waals surface area contributed by atoms with Crippen molar-refractivity contribution in [3.8, 4) is 0 Å². The minimum absolute atomic E-state index is 0.0559. The van der Waals surface area contributed by atoms with Crippen LogP contribution in [0.2, 0.25) is 0 Å². The predicted octanol–water partition coefficient (Wildman–Crippen LogP) is 1.54. The quantitative estimate of drug-likeness (QED) is 0.419. The van der Waals surface area contributed by atoms with Crippen LogP contribution in [0.25, 0.3) is 0 Å². The van der Waals surface area contributed by atoms with Gasteiger partial charge >= 0.3 is 0 Å². The van der Waals surface area contributed by atoms with E-state index in [0.717, 1.165) is 0 Å². The Kier molecular flexibility index (Phi) is 2.04. The van der Waals surface area contributed by atoms with Crippen LogP contribution in [0.15, 0.2) is 18.2 Å². The molecule has 0 aromatic heterocycles. The summed E-state index contributed by atoms with van der Waals surface area (Å²) in [7, 11) is 0. The smallest absolute Gasteiger partial charge is 0.276 e. The summed E-state index contributed by atoms with van der Waals surface area (Å²) in [4.78, 5) is 21.2. The van der Waals surface area contributed by atoms with E-state index in [1.807, 2.05) is 0 Å². The molecular formula is C10H9NO4.